The van der Waals surface area contributed by atoms with Crippen molar-refractivity contribution >= 4 is 0 Å². The van der Waals surface area contributed by atoms with Gasteiger partial charge in [-0.3, -0.25) is 0 Å². The Labute approximate surface area is 139 Å². The molecule has 21 heavy (non-hydrogen) atoms. The predicted octanol–water partition coefficient (Wildman–Crippen LogP) is 8.89. The van der Waals surface area contributed by atoms with Crippen molar-refractivity contribution in [2.45, 2.75) is 127 Å². The van der Waals surface area contributed by atoms with E-state index in [1.54, 1.807) is 0 Å². The summed E-state index contributed by atoms with van der Waals surface area (Å²) in [5, 5.41) is 0. The first-order valence-corrected chi connectivity index (χ1v) is 10.2. The van der Waals surface area contributed by atoms with Crippen LogP contribution in [0.5, 0.6) is 0 Å². The van der Waals surface area contributed by atoms with Gasteiger partial charge in [-0.05, 0) is 18.3 Å². The molecule has 0 amide bonds. The van der Waals surface area contributed by atoms with Gasteiger partial charge in [-0.25, -0.2) is 0 Å². The molecule has 0 nitrogen and oxygen atoms in total. The molecule has 0 aliphatic carbocycles. The van der Waals surface area contributed by atoms with Crippen LogP contribution in [0.3, 0.4) is 0 Å². The molecule has 0 bridgehead atoms. The van der Waals surface area contributed by atoms with Crippen LogP contribution in [-0.2, 0) is 0 Å². The first-order chi connectivity index (χ1) is 10.2. The lowest BCUT2D eigenvalue weighted by molar-refractivity contribution is 0.336. The highest BCUT2D eigenvalue weighted by molar-refractivity contribution is 4.62. The molecule has 2 unspecified atom stereocenters. The largest absolute Gasteiger partial charge is 0.0683 e. The second kappa shape index (κ2) is 32.1. The minimum Gasteiger partial charge on any atom is -0.0683 e. The Morgan fingerprint density at radius 1 is 0.667 bits per heavy atom. The molecule has 2 atom stereocenters. The van der Waals surface area contributed by atoms with Gasteiger partial charge in [-0.1, -0.05) is 121 Å². The Balaban J connectivity index is -0.000000176. The summed E-state index contributed by atoms with van der Waals surface area (Å²) in [6.45, 7) is 21.6. The van der Waals surface area contributed by atoms with Gasteiger partial charge in [0.1, 0.15) is 0 Å². The number of rotatable bonds is 9. The first kappa shape index (κ1) is 29.1. The Kier molecular flexibility index (Phi) is 44.4. The van der Waals surface area contributed by atoms with Crippen LogP contribution in [-0.4, -0.2) is 0 Å². The molecule has 134 valence electrons. The van der Waals surface area contributed by atoms with E-state index in [-0.39, 0.29) is 0 Å². The molecule has 0 aliphatic heterocycles. The highest BCUT2D eigenvalue weighted by Crippen LogP contribution is 2.24. The van der Waals surface area contributed by atoms with E-state index in [4.69, 9.17) is 0 Å². The quantitative estimate of drug-likeness (QED) is 0.373. The Bertz CT molecular complexity index is 117. The third-order valence-corrected chi connectivity index (χ3v) is 3.31. The zero-order valence-electron chi connectivity index (χ0n) is 17.5. The monoisotopic (exact) mass is 302 g/mol. The Morgan fingerprint density at radius 3 is 1.48 bits per heavy atom. The van der Waals surface area contributed by atoms with Gasteiger partial charge in [0.05, 0.1) is 0 Å². The molecular weight excluding hydrogens is 252 g/mol. The molecule has 0 radical (unpaired) electrons. The fourth-order valence-corrected chi connectivity index (χ4v) is 2.35. The van der Waals surface area contributed by atoms with Crippen molar-refractivity contribution in [2.24, 2.45) is 11.8 Å². The summed E-state index contributed by atoms with van der Waals surface area (Å²) in [6.07, 6.45) is 12.6. The molecule has 0 rings (SSSR count). The molecule has 0 fully saturated rings. The maximum atomic E-state index is 2.42. The lowest BCUT2D eigenvalue weighted by Gasteiger charge is -2.19. The minimum atomic E-state index is 0.951. The van der Waals surface area contributed by atoms with Crippen LogP contribution in [0.4, 0.5) is 0 Å². The fourth-order valence-electron chi connectivity index (χ4n) is 2.35. The standard InChI is InChI=1S/C14H30.C3H8.2C2H6/c1-5-8-9-11-14(7-3)12-13(4)10-6-2;1-3-2;2*1-2/h13-14H,5-12H2,1-4H3;3H2,1-2H3;2*1-2H3. The lowest BCUT2D eigenvalue weighted by atomic mass is 9.87. The van der Waals surface area contributed by atoms with Crippen LogP contribution in [0.2, 0.25) is 0 Å². The van der Waals surface area contributed by atoms with Crippen molar-refractivity contribution in [3.05, 3.63) is 0 Å². The van der Waals surface area contributed by atoms with Gasteiger partial charge in [0.2, 0.25) is 0 Å². The van der Waals surface area contributed by atoms with E-state index < -0.39 is 0 Å². The van der Waals surface area contributed by atoms with Crippen LogP contribution >= 0.6 is 0 Å². The van der Waals surface area contributed by atoms with Gasteiger partial charge in [0.15, 0.2) is 0 Å². The number of hydrogen-bond donors (Lipinski definition) is 0. The van der Waals surface area contributed by atoms with Gasteiger partial charge >= 0.3 is 0 Å². The Hall–Kier alpha value is 0. The third kappa shape index (κ3) is 33.1. The molecule has 0 aliphatic rings. The average molecular weight is 303 g/mol. The van der Waals surface area contributed by atoms with Crippen molar-refractivity contribution in [3.8, 4) is 0 Å². The second-order valence-electron chi connectivity index (χ2n) is 5.61. The van der Waals surface area contributed by atoms with Gasteiger partial charge in [-0.2, -0.15) is 0 Å². The molecule has 0 N–H and O–H groups in total. The fraction of sp³-hybridized carbons (Fsp3) is 1.00. The molecule has 0 aromatic rings. The van der Waals surface area contributed by atoms with E-state index in [2.05, 4.69) is 41.5 Å². The van der Waals surface area contributed by atoms with Crippen LogP contribution in [0.15, 0.2) is 0 Å². The maximum Gasteiger partial charge on any atom is -0.0414 e. The van der Waals surface area contributed by atoms with Gasteiger partial charge in [0, 0.05) is 0 Å². The molecular formula is C21H50. The number of hydrogen-bond acceptors (Lipinski definition) is 0. The smallest absolute Gasteiger partial charge is 0.0414 e. The molecule has 0 saturated heterocycles. The van der Waals surface area contributed by atoms with E-state index in [1.807, 2.05) is 27.7 Å². The predicted molar refractivity (Wildman–Crippen MR) is 105 cm³/mol. The normalized spacial score (nSPS) is 11.7. The van der Waals surface area contributed by atoms with E-state index in [9.17, 15) is 0 Å². The third-order valence-electron chi connectivity index (χ3n) is 3.31. The highest BCUT2D eigenvalue weighted by Gasteiger charge is 2.10. The molecule has 0 aromatic heterocycles. The van der Waals surface area contributed by atoms with Crippen molar-refractivity contribution in [1.29, 1.82) is 0 Å². The highest BCUT2D eigenvalue weighted by atomic mass is 14.2. The van der Waals surface area contributed by atoms with Crippen molar-refractivity contribution < 1.29 is 0 Å². The van der Waals surface area contributed by atoms with Gasteiger partial charge in [-0.15, -0.1) is 0 Å². The Morgan fingerprint density at radius 2 is 1.14 bits per heavy atom. The molecule has 0 aromatic carbocycles. The van der Waals surface area contributed by atoms with Crippen LogP contribution < -0.4 is 0 Å². The summed E-state index contributed by atoms with van der Waals surface area (Å²) in [5.41, 5.74) is 0. The second-order valence-corrected chi connectivity index (χ2v) is 5.61. The minimum absolute atomic E-state index is 0.951. The summed E-state index contributed by atoms with van der Waals surface area (Å²) >= 11 is 0. The van der Waals surface area contributed by atoms with Crippen LogP contribution in [0.1, 0.15) is 127 Å². The van der Waals surface area contributed by atoms with Crippen LogP contribution in [0.25, 0.3) is 0 Å². The van der Waals surface area contributed by atoms with E-state index in [0.29, 0.717) is 0 Å². The number of unbranched alkanes of at least 4 members (excludes halogenated alkanes) is 2. The molecule has 0 spiro atoms. The van der Waals surface area contributed by atoms with Gasteiger partial charge < -0.3 is 0 Å². The summed E-state index contributed by atoms with van der Waals surface area (Å²) in [4.78, 5) is 0. The molecule has 0 heteroatoms. The lowest BCUT2D eigenvalue weighted by Crippen LogP contribution is -2.05. The van der Waals surface area contributed by atoms with E-state index in [1.165, 1.54) is 57.8 Å². The first-order valence-electron chi connectivity index (χ1n) is 10.2. The topological polar surface area (TPSA) is 0 Å². The molecule has 0 saturated carbocycles. The maximum absolute atomic E-state index is 2.42. The van der Waals surface area contributed by atoms with Gasteiger partial charge in [0.25, 0.3) is 0 Å². The summed E-state index contributed by atoms with van der Waals surface area (Å²) in [5.74, 6) is 1.95. The van der Waals surface area contributed by atoms with Crippen molar-refractivity contribution in [3.63, 3.8) is 0 Å². The van der Waals surface area contributed by atoms with E-state index >= 15 is 0 Å². The summed E-state index contributed by atoms with van der Waals surface area (Å²) in [6, 6.07) is 0. The zero-order valence-corrected chi connectivity index (χ0v) is 17.5. The van der Waals surface area contributed by atoms with Crippen LogP contribution in [0, 0.1) is 11.8 Å². The zero-order chi connectivity index (χ0) is 17.5. The average Bonchev–Trinajstić information content (AvgIpc) is 2.51. The van der Waals surface area contributed by atoms with Crippen molar-refractivity contribution in [1.82, 2.24) is 0 Å². The summed E-state index contributed by atoms with van der Waals surface area (Å²) in [7, 11) is 0. The summed E-state index contributed by atoms with van der Waals surface area (Å²) < 4.78 is 0. The van der Waals surface area contributed by atoms with Crippen molar-refractivity contribution in [2.75, 3.05) is 0 Å². The molecule has 0 heterocycles. The SMILES string of the molecule is CC.CC.CCC.CCCCCC(CC)CC(C)CCC. The van der Waals surface area contributed by atoms with E-state index in [0.717, 1.165) is 11.8 Å².